The third-order valence-corrected chi connectivity index (χ3v) is 6.25. The van der Waals surface area contributed by atoms with Crippen molar-refractivity contribution in [2.75, 3.05) is 11.5 Å². The first kappa shape index (κ1) is 20.1. The molecule has 162 valence electrons. The van der Waals surface area contributed by atoms with Gasteiger partial charge in [0.2, 0.25) is 5.91 Å². The minimum absolute atomic E-state index is 0.0159. The predicted octanol–water partition coefficient (Wildman–Crippen LogP) is 3.82. The molecule has 5 rings (SSSR count). The van der Waals surface area contributed by atoms with E-state index in [2.05, 4.69) is 10.3 Å². The Hall–Kier alpha value is -3.87. The molecule has 5 N–H and O–H groups in total. The number of nitrogens with zero attached hydrogens (tertiary/aromatic N) is 2. The zero-order valence-electron chi connectivity index (χ0n) is 17.9. The van der Waals surface area contributed by atoms with Crippen LogP contribution in [0.1, 0.15) is 51.7 Å². The molecule has 2 heterocycles. The highest BCUT2D eigenvalue weighted by Crippen LogP contribution is 2.33. The summed E-state index contributed by atoms with van der Waals surface area (Å²) >= 11 is 0. The quantitative estimate of drug-likeness (QED) is 0.460. The molecule has 1 aliphatic carbocycles. The van der Waals surface area contributed by atoms with Crippen molar-refractivity contribution in [3.05, 3.63) is 64.8 Å². The molecule has 32 heavy (non-hydrogen) atoms. The summed E-state index contributed by atoms with van der Waals surface area (Å²) in [6.45, 7) is 1.96. The van der Waals surface area contributed by atoms with E-state index in [-0.39, 0.29) is 11.8 Å². The van der Waals surface area contributed by atoms with E-state index in [0.717, 1.165) is 58.6 Å². The summed E-state index contributed by atoms with van der Waals surface area (Å²) in [7, 11) is 0. The third kappa shape index (κ3) is 3.36. The van der Waals surface area contributed by atoms with Gasteiger partial charge in [-0.3, -0.25) is 14.2 Å². The molecule has 0 saturated heterocycles. The van der Waals surface area contributed by atoms with Crippen LogP contribution in [-0.2, 0) is 19.4 Å². The van der Waals surface area contributed by atoms with Crippen molar-refractivity contribution < 1.29 is 9.59 Å². The summed E-state index contributed by atoms with van der Waals surface area (Å²) in [6, 6.07) is 13.1. The highest BCUT2D eigenvalue weighted by atomic mass is 16.2. The number of aryl methyl sites for hydroxylation is 1. The van der Waals surface area contributed by atoms with Gasteiger partial charge in [0.25, 0.3) is 5.91 Å². The standard InChI is InChI=1S/C25H25N5O2/c1-14(31)30-21-5-3-2-4-18(21)20-11-17(8-9-22(20)30)25(32)28-13-15-6-7-16-12-23(26)29-24(27)19(16)10-15/h6-12H,2-5,13H2,1H3,(H,28,32)(H4,26,27,29). The van der Waals surface area contributed by atoms with Gasteiger partial charge in [-0.1, -0.05) is 12.1 Å². The average molecular weight is 428 g/mol. The number of benzene rings is 2. The highest BCUT2D eigenvalue weighted by molar-refractivity contribution is 6.02. The van der Waals surface area contributed by atoms with Crippen LogP contribution in [-0.4, -0.2) is 21.4 Å². The smallest absolute Gasteiger partial charge is 0.251 e. The van der Waals surface area contributed by atoms with E-state index < -0.39 is 0 Å². The van der Waals surface area contributed by atoms with Crippen LogP contribution in [0.4, 0.5) is 11.6 Å². The molecular weight excluding hydrogens is 402 g/mol. The fraction of sp³-hybridized carbons (Fsp3) is 0.240. The van der Waals surface area contributed by atoms with Gasteiger partial charge in [-0.2, -0.15) is 0 Å². The maximum Gasteiger partial charge on any atom is 0.251 e. The minimum atomic E-state index is -0.157. The summed E-state index contributed by atoms with van der Waals surface area (Å²) < 4.78 is 1.81. The molecule has 7 heteroatoms. The Balaban J connectivity index is 1.42. The number of carbonyl (C=O) groups excluding carboxylic acids is 2. The van der Waals surface area contributed by atoms with Gasteiger partial charge in [0, 0.05) is 35.5 Å². The Morgan fingerprint density at radius 3 is 2.66 bits per heavy atom. The second-order valence-corrected chi connectivity index (χ2v) is 8.39. The second-order valence-electron chi connectivity index (χ2n) is 8.39. The van der Waals surface area contributed by atoms with Crippen LogP contribution in [0.15, 0.2) is 42.5 Å². The second kappa shape index (κ2) is 7.67. The number of carbonyl (C=O) groups is 2. The molecule has 0 bridgehead atoms. The number of pyridine rings is 1. The average Bonchev–Trinajstić information content (AvgIpc) is 3.11. The van der Waals surface area contributed by atoms with Crippen molar-refractivity contribution in [3.63, 3.8) is 0 Å². The van der Waals surface area contributed by atoms with Crippen LogP contribution < -0.4 is 16.8 Å². The number of nitrogens with two attached hydrogens (primary N) is 2. The summed E-state index contributed by atoms with van der Waals surface area (Å²) in [5.74, 6) is 0.614. The first-order valence-corrected chi connectivity index (χ1v) is 10.8. The number of hydrogen-bond donors (Lipinski definition) is 3. The van der Waals surface area contributed by atoms with E-state index in [1.807, 2.05) is 34.9 Å². The molecule has 4 aromatic rings. The molecule has 0 spiro atoms. The van der Waals surface area contributed by atoms with Crippen molar-refractivity contribution in [1.29, 1.82) is 0 Å². The number of fused-ring (bicyclic) bond motifs is 4. The number of nitrogen functional groups attached to an aromatic ring is 2. The van der Waals surface area contributed by atoms with E-state index in [0.29, 0.717) is 23.7 Å². The predicted molar refractivity (Wildman–Crippen MR) is 127 cm³/mol. The largest absolute Gasteiger partial charge is 0.384 e. The Kier molecular flexibility index (Phi) is 4.81. The molecule has 0 fully saturated rings. The van der Waals surface area contributed by atoms with Crippen LogP contribution >= 0.6 is 0 Å². The van der Waals surface area contributed by atoms with Gasteiger partial charge in [0.1, 0.15) is 11.6 Å². The number of aromatic nitrogens is 2. The molecule has 1 aliphatic rings. The zero-order valence-corrected chi connectivity index (χ0v) is 17.9. The van der Waals surface area contributed by atoms with Gasteiger partial charge in [-0.25, -0.2) is 4.98 Å². The van der Waals surface area contributed by atoms with Crippen LogP contribution in [0.2, 0.25) is 0 Å². The number of nitrogens with one attached hydrogen (secondary N) is 1. The maximum atomic E-state index is 12.9. The van der Waals surface area contributed by atoms with Crippen molar-refractivity contribution in [2.45, 2.75) is 39.2 Å². The van der Waals surface area contributed by atoms with Gasteiger partial charge in [0.15, 0.2) is 0 Å². The van der Waals surface area contributed by atoms with Crippen LogP contribution in [0.25, 0.3) is 21.7 Å². The molecule has 0 radical (unpaired) electrons. The summed E-state index contributed by atoms with van der Waals surface area (Å²) in [5.41, 5.74) is 16.4. The van der Waals surface area contributed by atoms with E-state index in [9.17, 15) is 9.59 Å². The SMILES string of the molecule is CC(=O)n1c2c(c3cc(C(=O)NCc4ccc5cc(N)nc(N)c5c4)ccc31)CCCC2. The lowest BCUT2D eigenvalue weighted by Gasteiger charge is -2.13. The molecule has 2 aromatic carbocycles. The van der Waals surface area contributed by atoms with Gasteiger partial charge >= 0.3 is 0 Å². The van der Waals surface area contributed by atoms with Gasteiger partial charge in [-0.15, -0.1) is 0 Å². The molecule has 0 unspecified atom stereocenters. The van der Waals surface area contributed by atoms with Crippen molar-refractivity contribution in [3.8, 4) is 0 Å². The van der Waals surface area contributed by atoms with Crippen molar-refractivity contribution in [2.24, 2.45) is 0 Å². The normalized spacial score (nSPS) is 13.3. The Morgan fingerprint density at radius 2 is 1.84 bits per heavy atom. The number of amides is 1. The Bertz CT molecular complexity index is 1400. The third-order valence-electron chi connectivity index (χ3n) is 6.25. The molecule has 1 amide bonds. The molecule has 0 saturated carbocycles. The Labute approximate surface area is 185 Å². The van der Waals surface area contributed by atoms with Gasteiger partial charge < -0.3 is 16.8 Å². The van der Waals surface area contributed by atoms with Crippen molar-refractivity contribution in [1.82, 2.24) is 14.9 Å². The highest BCUT2D eigenvalue weighted by Gasteiger charge is 2.22. The summed E-state index contributed by atoms with van der Waals surface area (Å²) in [5, 5.41) is 5.71. The molecule has 0 aliphatic heterocycles. The first-order chi connectivity index (χ1) is 15.4. The van der Waals surface area contributed by atoms with Crippen LogP contribution in [0.5, 0.6) is 0 Å². The lowest BCUT2D eigenvalue weighted by Crippen LogP contribution is -2.22. The molecule has 7 nitrogen and oxygen atoms in total. The minimum Gasteiger partial charge on any atom is -0.384 e. The van der Waals surface area contributed by atoms with E-state index >= 15 is 0 Å². The number of rotatable bonds is 3. The molecular formula is C25H25N5O2. The maximum absolute atomic E-state index is 12.9. The van der Waals surface area contributed by atoms with Crippen LogP contribution in [0.3, 0.4) is 0 Å². The lowest BCUT2D eigenvalue weighted by atomic mass is 9.95. The zero-order chi connectivity index (χ0) is 22.4. The molecule has 2 aromatic heterocycles. The first-order valence-electron chi connectivity index (χ1n) is 10.8. The van der Waals surface area contributed by atoms with Crippen LogP contribution in [0, 0.1) is 0 Å². The Morgan fingerprint density at radius 1 is 1.03 bits per heavy atom. The molecule has 0 atom stereocenters. The van der Waals surface area contributed by atoms with E-state index in [1.165, 1.54) is 5.56 Å². The number of hydrogen-bond acceptors (Lipinski definition) is 5. The fourth-order valence-electron chi connectivity index (χ4n) is 4.78. The summed E-state index contributed by atoms with van der Waals surface area (Å²) in [4.78, 5) is 29.3. The monoisotopic (exact) mass is 427 g/mol. The number of anilines is 2. The van der Waals surface area contributed by atoms with E-state index in [1.54, 1.807) is 19.1 Å². The topological polar surface area (TPSA) is 116 Å². The summed E-state index contributed by atoms with van der Waals surface area (Å²) in [6.07, 6.45) is 4.03. The van der Waals surface area contributed by atoms with Gasteiger partial charge in [0.05, 0.1) is 5.52 Å². The fourth-order valence-corrected chi connectivity index (χ4v) is 4.78. The van der Waals surface area contributed by atoms with Gasteiger partial charge in [-0.05, 0) is 72.5 Å². The lowest BCUT2D eigenvalue weighted by molar-refractivity contribution is 0.0934. The van der Waals surface area contributed by atoms with E-state index in [4.69, 9.17) is 11.5 Å². The van der Waals surface area contributed by atoms with Crippen molar-refractivity contribution >= 4 is 45.1 Å².